The average molecular weight is 572 g/mol. The Bertz CT molecular complexity index is 2730. The van der Waals surface area contributed by atoms with Gasteiger partial charge in [-0.1, -0.05) is 133 Å². The molecule has 0 atom stereocenters. The van der Waals surface area contributed by atoms with Gasteiger partial charge >= 0.3 is 0 Å². The summed E-state index contributed by atoms with van der Waals surface area (Å²) in [6, 6.07) is 54.1. The molecular weight excluding hydrogens is 546 g/mol. The molecule has 0 N–H and O–H groups in total. The van der Waals surface area contributed by atoms with Crippen LogP contribution in [0.2, 0.25) is 0 Å². The Hall–Kier alpha value is -6.06. The molecule has 8 aromatic carbocycles. The van der Waals surface area contributed by atoms with Gasteiger partial charge in [0, 0.05) is 27.1 Å². The standard InChI is InChI=1S/C42H25N3/c1-2-11-26(12-3-1)27-21-23-28(24-22-27)41-34-17-8-9-19-35(34)43-42(44-41)45-36-20-10-18-33-31-15-6-7-16-32(31)38-30-14-5-4-13-29(30)25-37(45)40(38)39(33)36/h1-25H. The van der Waals surface area contributed by atoms with E-state index in [-0.39, 0.29) is 0 Å². The van der Waals surface area contributed by atoms with Crippen LogP contribution in [0.3, 0.4) is 0 Å². The molecule has 2 heterocycles. The van der Waals surface area contributed by atoms with E-state index in [9.17, 15) is 0 Å². The molecule has 0 saturated heterocycles. The Labute approximate surface area is 259 Å². The molecule has 10 rings (SSSR count). The van der Waals surface area contributed by atoms with Crippen LogP contribution < -0.4 is 0 Å². The van der Waals surface area contributed by atoms with E-state index < -0.39 is 0 Å². The number of nitrogens with zero attached hydrogens (tertiary/aromatic N) is 3. The zero-order chi connectivity index (χ0) is 29.5. The average Bonchev–Trinajstić information content (AvgIpc) is 3.45. The molecule has 3 heteroatoms. The largest absolute Gasteiger partial charge is 0.278 e. The third kappa shape index (κ3) is 3.46. The molecule has 0 bridgehead atoms. The highest BCUT2D eigenvalue weighted by Gasteiger charge is 2.23. The number of fused-ring (bicyclic) bond motifs is 6. The molecule has 0 aliphatic carbocycles. The summed E-state index contributed by atoms with van der Waals surface area (Å²) in [7, 11) is 0. The maximum absolute atomic E-state index is 5.38. The van der Waals surface area contributed by atoms with Crippen LogP contribution in [0, 0.1) is 0 Å². The van der Waals surface area contributed by atoms with Crippen molar-refractivity contribution in [1.82, 2.24) is 14.5 Å². The summed E-state index contributed by atoms with van der Waals surface area (Å²) in [5.74, 6) is 0.681. The first-order valence-electron chi connectivity index (χ1n) is 15.4. The Balaban J connectivity index is 1.32. The second-order valence-corrected chi connectivity index (χ2v) is 11.8. The van der Waals surface area contributed by atoms with Gasteiger partial charge in [-0.05, 0) is 56.3 Å². The Kier molecular flexibility index (Phi) is 5.00. The van der Waals surface area contributed by atoms with Crippen LogP contribution in [0.25, 0.3) is 93.4 Å². The Morgan fingerprint density at radius 3 is 1.84 bits per heavy atom. The molecule has 3 nitrogen and oxygen atoms in total. The monoisotopic (exact) mass is 571 g/mol. The van der Waals surface area contributed by atoms with Crippen LogP contribution in [0.1, 0.15) is 0 Å². The Morgan fingerprint density at radius 1 is 0.378 bits per heavy atom. The lowest BCUT2D eigenvalue weighted by Crippen LogP contribution is -2.03. The van der Waals surface area contributed by atoms with Crippen molar-refractivity contribution in [2.45, 2.75) is 0 Å². The lowest BCUT2D eigenvalue weighted by molar-refractivity contribution is 1.01. The van der Waals surface area contributed by atoms with Crippen LogP contribution in [0.15, 0.2) is 152 Å². The number of benzene rings is 8. The predicted octanol–water partition coefficient (Wildman–Crippen LogP) is 11.0. The van der Waals surface area contributed by atoms with Gasteiger partial charge in [0.15, 0.2) is 0 Å². The van der Waals surface area contributed by atoms with Crippen molar-refractivity contribution in [2.24, 2.45) is 0 Å². The summed E-state index contributed by atoms with van der Waals surface area (Å²) < 4.78 is 2.28. The minimum Gasteiger partial charge on any atom is -0.278 e. The third-order valence-electron chi connectivity index (χ3n) is 9.35. The number of aromatic nitrogens is 3. The molecule has 0 saturated carbocycles. The molecule has 0 amide bonds. The van der Waals surface area contributed by atoms with E-state index in [4.69, 9.17) is 9.97 Å². The van der Waals surface area contributed by atoms with E-state index in [1.54, 1.807) is 0 Å². The number of para-hydroxylation sites is 1. The van der Waals surface area contributed by atoms with Crippen LogP contribution >= 0.6 is 0 Å². The summed E-state index contributed by atoms with van der Waals surface area (Å²) in [5, 5.41) is 11.1. The smallest absolute Gasteiger partial charge is 0.235 e. The molecule has 0 spiro atoms. The molecule has 10 aromatic rings. The van der Waals surface area contributed by atoms with E-state index >= 15 is 0 Å². The van der Waals surface area contributed by atoms with Gasteiger partial charge in [0.2, 0.25) is 5.95 Å². The van der Waals surface area contributed by atoms with Gasteiger partial charge in [-0.25, -0.2) is 9.97 Å². The summed E-state index contributed by atoms with van der Waals surface area (Å²) in [4.78, 5) is 10.6. The fraction of sp³-hybridized carbons (Fsp3) is 0. The molecule has 0 fully saturated rings. The highest BCUT2D eigenvalue weighted by Crippen LogP contribution is 2.46. The lowest BCUT2D eigenvalue weighted by atomic mass is 9.91. The molecule has 2 aromatic heterocycles. The predicted molar refractivity (Wildman–Crippen MR) is 188 cm³/mol. The highest BCUT2D eigenvalue weighted by atomic mass is 15.2. The van der Waals surface area contributed by atoms with Gasteiger partial charge in [0.05, 0.1) is 22.2 Å². The molecule has 0 aliphatic heterocycles. The molecule has 0 unspecified atom stereocenters. The van der Waals surface area contributed by atoms with Crippen molar-refractivity contribution in [3.05, 3.63) is 152 Å². The van der Waals surface area contributed by atoms with E-state index in [2.05, 4.69) is 156 Å². The number of hydrogen-bond acceptors (Lipinski definition) is 2. The molecular formula is C42H25N3. The summed E-state index contributed by atoms with van der Waals surface area (Å²) in [6.45, 7) is 0. The molecule has 208 valence electrons. The summed E-state index contributed by atoms with van der Waals surface area (Å²) in [6.07, 6.45) is 0. The van der Waals surface area contributed by atoms with E-state index in [1.807, 2.05) is 0 Å². The van der Waals surface area contributed by atoms with Gasteiger partial charge in [-0.15, -0.1) is 0 Å². The molecule has 0 aliphatic rings. The zero-order valence-electron chi connectivity index (χ0n) is 24.3. The van der Waals surface area contributed by atoms with Gasteiger partial charge in [-0.3, -0.25) is 4.57 Å². The first kappa shape index (κ1) is 24.4. The van der Waals surface area contributed by atoms with E-state index in [0.717, 1.165) is 33.2 Å². The normalized spacial score (nSPS) is 12.0. The van der Waals surface area contributed by atoms with Crippen molar-refractivity contribution in [3.8, 4) is 28.3 Å². The van der Waals surface area contributed by atoms with Crippen molar-refractivity contribution in [1.29, 1.82) is 0 Å². The zero-order valence-corrected chi connectivity index (χ0v) is 24.3. The van der Waals surface area contributed by atoms with Crippen LogP contribution in [-0.2, 0) is 0 Å². The second kappa shape index (κ2) is 9.22. The second-order valence-electron chi connectivity index (χ2n) is 11.8. The fourth-order valence-corrected chi connectivity index (χ4v) is 7.37. The first-order valence-corrected chi connectivity index (χ1v) is 15.4. The van der Waals surface area contributed by atoms with Crippen molar-refractivity contribution >= 4 is 65.0 Å². The highest BCUT2D eigenvalue weighted by molar-refractivity contribution is 6.39. The van der Waals surface area contributed by atoms with Gasteiger partial charge in [-0.2, -0.15) is 0 Å². The molecule has 0 radical (unpaired) electrons. The number of hydrogen-bond donors (Lipinski definition) is 0. The first-order chi connectivity index (χ1) is 22.3. The lowest BCUT2D eigenvalue weighted by Gasteiger charge is -2.13. The van der Waals surface area contributed by atoms with Crippen LogP contribution in [0.5, 0.6) is 0 Å². The third-order valence-corrected chi connectivity index (χ3v) is 9.35. The van der Waals surface area contributed by atoms with Crippen LogP contribution in [0.4, 0.5) is 0 Å². The maximum Gasteiger partial charge on any atom is 0.235 e. The summed E-state index contributed by atoms with van der Waals surface area (Å²) >= 11 is 0. The SMILES string of the molecule is c1ccc(-c2ccc(-c3nc(-n4c5cccc6c7ccccc7c7c8ccccc8cc4c7c65)nc4ccccc34)cc2)cc1. The minimum atomic E-state index is 0.681. The van der Waals surface area contributed by atoms with Crippen molar-refractivity contribution in [3.63, 3.8) is 0 Å². The minimum absolute atomic E-state index is 0.681. The fourth-order valence-electron chi connectivity index (χ4n) is 7.37. The molecule has 45 heavy (non-hydrogen) atoms. The Morgan fingerprint density at radius 2 is 1.00 bits per heavy atom. The maximum atomic E-state index is 5.38. The van der Waals surface area contributed by atoms with E-state index in [1.165, 1.54) is 54.2 Å². The number of rotatable bonds is 3. The van der Waals surface area contributed by atoms with Crippen molar-refractivity contribution in [2.75, 3.05) is 0 Å². The van der Waals surface area contributed by atoms with Gasteiger partial charge in [0.25, 0.3) is 0 Å². The van der Waals surface area contributed by atoms with Gasteiger partial charge in [0.1, 0.15) is 0 Å². The topological polar surface area (TPSA) is 30.7 Å². The van der Waals surface area contributed by atoms with E-state index in [0.29, 0.717) is 5.95 Å². The quantitative estimate of drug-likeness (QED) is 0.198. The van der Waals surface area contributed by atoms with Crippen molar-refractivity contribution < 1.29 is 0 Å². The summed E-state index contributed by atoms with van der Waals surface area (Å²) in [5.41, 5.74) is 7.56. The van der Waals surface area contributed by atoms with Crippen LogP contribution in [-0.4, -0.2) is 14.5 Å². The van der Waals surface area contributed by atoms with Gasteiger partial charge < -0.3 is 0 Å².